The number of oxazole rings is 1. The van der Waals surface area contributed by atoms with Crippen LogP contribution in [0.1, 0.15) is 25.2 Å². The number of nitrogens with one attached hydrogen (secondary N) is 1. The number of aryl methyl sites for hydroxylation is 1. The predicted octanol–water partition coefficient (Wildman–Crippen LogP) is 1.74. The number of carboxylic acids is 1. The van der Waals surface area contributed by atoms with Gasteiger partial charge in [0.15, 0.2) is 11.5 Å². The Bertz CT molecular complexity index is 642. The van der Waals surface area contributed by atoms with Crippen molar-refractivity contribution >= 4 is 23.0 Å². The molecule has 110 valence electrons. The van der Waals surface area contributed by atoms with Gasteiger partial charge < -0.3 is 14.8 Å². The molecule has 1 aliphatic carbocycles. The number of aromatic nitrogens is 1. The number of rotatable bonds is 6. The Kier molecular flexibility index (Phi) is 3.60. The Balaban J connectivity index is 1.56. The maximum absolute atomic E-state index is 11.8. The summed E-state index contributed by atoms with van der Waals surface area (Å²) < 4.78 is 5.52. The molecule has 0 bridgehead atoms. The molecular formula is C15H16N2O4. The molecule has 2 aromatic rings. The van der Waals surface area contributed by atoms with E-state index < -0.39 is 12.0 Å². The number of carbonyl (C=O) groups is 2. The highest BCUT2D eigenvalue weighted by Gasteiger charge is 2.37. The van der Waals surface area contributed by atoms with Gasteiger partial charge in [0, 0.05) is 12.8 Å². The standard InChI is InChI=1S/C15H16N2O4/c18-12(17-14(15(19)20)9-5-6-9)7-8-13-16-10-3-1-2-4-11(10)21-13/h1-4,9,14H,5-8H2,(H,17,18)(H,19,20). The van der Waals surface area contributed by atoms with Gasteiger partial charge in [-0.3, -0.25) is 4.79 Å². The third-order valence-electron chi connectivity index (χ3n) is 3.58. The van der Waals surface area contributed by atoms with Crippen molar-refractivity contribution in [2.45, 2.75) is 31.7 Å². The van der Waals surface area contributed by atoms with E-state index in [-0.39, 0.29) is 18.2 Å². The van der Waals surface area contributed by atoms with Crippen LogP contribution in [0.15, 0.2) is 28.7 Å². The molecule has 0 spiro atoms. The lowest BCUT2D eigenvalue weighted by molar-refractivity contribution is -0.142. The maximum Gasteiger partial charge on any atom is 0.326 e. The minimum atomic E-state index is -0.965. The van der Waals surface area contributed by atoms with Crippen LogP contribution in [0.5, 0.6) is 0 Å². The van der Waals surface area contributed by atoms with Crippen LogP contribution in [-0.4, -0.2) is 28.0 Å². The number of nitrogens with zero attached hydrogens (tertiary/aromatic N) is 1. The highest BCUT2D eigenvalue weighted by molar-refractivity contribution is 5.84. The van der Waals surface area contributed by atoms with Crippen LogP contribution >= 0.6 is 0 Å². The van der Waals surface area contributed by atoms with E-state index in [1.54, 1.807) is 0 Å². The first-order chi connectivity index (χ1) is 10.1. The van der Waals surface area contributed by atoms with Crippen LogP contribution in [0.3, 0.4) is 0 Å². The van der Waals surface area contributed by atoms with Crippen molar-refractivity contribution in [2.75, 3.05) is 0 Å². The molecule has 21 heavy (non-hydrogen) atoms. The van der Waals surface area contributed by atoms with Crippen LogP contribution in [0.25, 0.3) is 11.1 Å². The van der Waals surface area contributed by atoms with Crippen LogP contribution in [-0.2, 0) is 16.0 Å². The topological polar surface area (TPSA) is 92.4 Å². The van der Waals surface area contributed by atoms with E-state index in [1.807, 2.05) is 24.3 Å². The van der Waals surface area contributed by atoms with Crippen molar-refractivity contribution in [2.24, 2.45) is 5.92 Å². The molecule has 3 rings (SSSR count). The van der Waals surface area contributed by atoms with Crippen LogP contribution in [0.2, 0.25) is 0 Å². The number of fused-ring (bicyclic) bond motifs is 1. The molecule has 1 atom stereocenters. The SMILES string of the molecule is O=C(CCc1nc2ccccc2o1)NC(C(=O)O)C1CC1. The van der Waals surface area contributed by atoms with Gasteiger partial charge in [0.2, 0.25) is 5.91 Å². The zero-order valence-electron chi connectivity index (χ0n) is 11.4. The average Bonchev–Trinajstić information content (AvgIpc) is 3.20. The van der Waals surface area contributed by atoms with Gasteiger partial charge in [0.1, 0.15) is 11.6 Å². The maximum atomic E-state index is 11.8. The first-order valence-corrected chi connectivity index (χ1v) is 7.00. The second-order valence-electron chi connectivity index (χ2n) is 5.30. The number of amides is 1. The van der Waals surface area contributed by atoms with E-state index >= 15 is 0 Å². The molecule has 2 N–H and O–H groups in total. The molecular weight excluding hydrogens is 272 g/mol. The fourth-order valence-electron chi connectivity index (χ4n) is 2.30. The molecule has 1 saturated carbocycles. The number of carbonyl (C=O) groups excluding carboxylic acids is 1. The normalized spacial score (nSPS) is 15.8. The average molecular weight is 288 g/mol. The molecule has 0 aliphatic heterocycles. The molecule has 1 aromatic heterocycles. The number of carboxylic acid groups (broad SMARTS) is 1. The van der Waals surface area contributed by atoms with Gasteiger partial charge in [0.05, 0.1) is 0 Å². The minimum absolute atomic E-state index is 0.0794. The second kappa shape index (κ2) is 5.55. The van der Waals surface area contributed by atoms with E-state index in [0.29, 0.717) is 17.9 Å². The molecule has 1 aliphatic rings. The lowest BCUT2D eigenvalue weighted by Crippen LogP contribution is -2.42. The molecule has 6 heteroatoms. The molecule has 1 fully saturated rings. The van der Waals surface area contributed by atoms with Gasteiger partial charge >= 0.3 is 5.97 Å². The van der Waals surface area contributed by atoms with Gasteiger partial charge in [-0.2, -0.15) is 0 Å². The molecule has 0 radical (unpaired) electrons. The fourth-order valence-corrected chi connectivity index (χ4v) is 2.30. The minimum Gasteiger partial charge on any atom is -0.480 e. The number of hydrogen-bond donors (Lipinski definition) is 2. The molecule has 6 nitrogen and oxygen atoms in total. The van der Waals surface area contributed by atoms with E-state index in [9.17, 15) is 9.59 Å². The third kappa shape index (κ3) is 3.21. The summed E-state index contributed by atoms with van der Waals surface area (Å²) in [7, 11) is 0. The number of benzene rings is 1. The van der Waals surface area contributed by atoms with Gasteiger partial charge in [-0.1, -0.05) is 12.1 Å². The Labute approximate surface area is 121 Å². The highest BCUT2D eigenvalue weighted by Crippen LogP contribution is 2.32. The largest absolute Gasteiger partial charge is 0.480 e. The molecule has 1 heterocycles. The summed E-state index contributed by atoms with van der Waals surface area (Å²) in [6.07, 6.45) is 2.26. The zero-order chi connectivity index (χ0) is 14.8. The summed E-state index contributed by atoms with van der Waals surface area (Å²) in [6.45, 7) is 0. The second-order valence-corrected chi connectivity index (χ2v) is 5.30. The first-order valence-electron chi connectivity index (χ1n) is 7.00. The van der Waals surface area contributed by atoms with Gasteiger partial charge in [-0.15, -0.1) is 0 Å². The highest BCUT2D eigenvalue weighted by atomic mass is 16.4. The van der Waals surface area contributed by atoms with Crippen LogP contribution in [0.4, 0.5) is 0 Å². The molecule has 1 aromatic carbocycles. The summed E-state index contributed by atoms with van der Waals surface area (Å²) in [4.78, 5) is 27.2. The van der Waals surface area contributed by atoms with E-state index in [1.165, 1.54) is 0 Å². The summed E-state index contributed by atoms with van der Waals surface area (Å²) in [5, 5.41) is 11.6. The smallest absolute Gasteiger partial charge is 0.326 e. The van der Waals surface area contributed by atoms with E-state index in [2.05, 4.69) is 10.3 Å². The van der Waals surface area contributed by atoms with Crippen LogP contribution < -0.4 is 5.32 Å². The Hall–Kier alpha value is -2.37. The molecule has 1 unspecified atom stereocenters. The number of hydrogen-bond acceptors (Lipinski definition) is 4. The van der Waals surface area contributed by atoms with Crippen molar-refractivity contribution in [1.29, 1.82) is 0 Å². The predicted molar refractivity (Wildman–Crippen MR) is 74.6 cm³/mol. The van der Waals surface area contributed by atoms with Crippen molar-refractivity contribution in [3.05, 3.63) is 30.2 Å². The molecule has 0 saturated heterocycles. The third-order valence-corrected chi connectivity index (χ3v) is 3.58. The lowest BCUT2D eigenvalue weighted by Gasteiger charge is -2.12. The van der Waals surface area contributed by atoms with E-state index in [0.717, 1.165) is 18.4 Å². The van der Waals surface area contributed by atoms with Crippen molar-refractivity contribution in [1.82, 2.24) is 10.3 Å². The lowest BCUT2D eigenvalue weighted by atomic mass is 10.1. The monoisotopic (exact) mass is 288 g/mol. The zero-order valence-corrected chi connectivity index (χ0v) is 11.4. The fraction of sp³-hybridized carbons (Fsp3) is 0.400. The summed E-state index contributed by atoms with van der Waals surface area (Å²) >= 11 is 0. The van der Waals surface area contributed by atoms with Gasteiger partial charge in [-0.25, -0.2) is 9.78 Å². The molecule has 1 amide bonds. The van der Waals surface area contributed by atoms with Crippen molar-refractivity contribution < 1.29 is 19.1 Å². The Morgan fingerprint density at radius 1 is 1.38 bits per heavy atom. The quantitative estimate of drug-likeness (QED) is 0.844. The summed E-state index contributed by atoms with van der Waals surface area (Å²) in [6, 6.07) is 6.63. The first kappa shape index (κ1) is 13.6. The Morgan fingerprint density at radius 3 is 2.81 bits per heavy atom. The van der Waals surface area contributed by atoms with Crippen LogP contribution in [0, 0.1) is 5.92 Å². The Morgan fingerprint density at radius 2 is 2.14 bits per heavy atom. The number of aliphatic carboxylic acids is 1. The van der Waals surface area contributed by atoms with Gasteiger partial charge in [0.25, 0.3) is 0 Å². The van der Waals surface area contributed by atoms with Gasteiger partial charge in [-0.05, 0) is 30.9 Å². The van der Waals surface area contributed by atoms with Crippen molar-refractivity contribution in [3.8, 4) is 0 Å². The summed E-state index contributed by atoms with van der Waals surface area (Å²) in [5.41, 5.74) is 1.45. The van der Waals surface area contributed by atoms with E-state index in [4.69, 9.17) is 9.52 Å². The number of para-hydroxylation sites is 2. The summed E-state index contributed by atoms with van der Waals surface area (Å²) in [5.74, 6) is -0.676. The van der Waals surface area contributed by atoms with Crippen molar-refractivity contribution in [3.63, 3.8) is 0 Å².